The van der Waals surface area contributed by atoms with Crippen molar-refractivity contribution in [3.05, 3.63) is 77.5 Å². The van der Waals surface area contributed by atoms with Gasteiger partial charge in [0.15, 0.2) is 0 Å². The number of halogens is 3. The topological polar surface area (TPSA) is 71.7 Å². The molecule has 1 aliphatic rings. The van der Waals surface area contributed by atoms with Crippen LogP contribution in [0.5, 0.6) is 11.5 Å². The fraction of sp³-hybridized carbons (Fsp3) is 0.280. The van der Waals surface area contributed by atoms with Crippen molar-refractivity contribution in [1.82, 2.24) is 14.8 Å². The minimum Gasteiger partial charge on any atom is -0.457 e. The molecule has 9 heteroatoms. The molecule has 0 bridgehead atoms. The van der Waals surface area contributed by atoms with Crippen molar-refractivity contribution in [2.75, 3.05) is 33.2 Å². The van der Waals surface area contributed by atoms with Gasteiger partial charge in [-0.3, -0.25) is 9.69 Å². The van der Waals surface area contributed by atoms with Crippen LogP contribution >= 0.6 is 0 Å². The summed E-state index contributed by atoms with van der Waals surface area (Å²) in [7, 11) is 2.03. The predicted molar refractivity (Wildman–Crippen MR) is 122 cm³/mol. The second-order valence-electron chi connectivity index (χ2n) is 8.30. The van der Waals surface area contributed by atoms with E-state index in [4.69, 9.17) is 10.5 Å². The monoisotopic (exact) mass is 470 g/mol. The molecule has 2 aromatic carbocycles. The van der Waals surface area contributed by atoms with Gasteiger partial charge in [0.2, 0.25) is 0 Å². The Balaban J connectivity index is 1.56. The number of primary amides is 1. The van der Waals surface area contributed by atoms with Crippen LogP contribution in [0.1, 0.15) is 21.6 Å². The molecular formula is C25H25F3N4O2. The summed E-state index contributed by atoms with van der Waals surface area (Å²) in [5.41, 5.74) is 6.58. The molecule has 0 spiro atoms. The average Bonchev–Trinajstić information content (AvgIpc) is 2.81. The number of pyridine rings is 1. The van der Waals surface area contributed by atoms with Crippen molar-refractivity contribution in [2.24, 2.45) is 5.73 Å². The second-order valence-corrected chi connectivity index (χ2v) is 8.30. The Labute approximate surface area is 195 Å². The number of aromatic nitrogens is 1. The standard InChI is InChI=1S/C25H25F3N4O2/c1-31-11-13-32(14-12-31)16-18-15-19(25(26,27)28)7-10-23(18)34-20-8-5-17(6-9-20)21-3-2-4-22(30-21)24(29)33/h2-10,15H,11-14,16H2,1H3,(H2,29,33). The molecular weight excluding hydrogens is 445 g/mol. The van der Waals surface area contributed by atoms with E-state index in [1.54, 1.807) is 36.4 Å². The Kier molecular flexibility index (Phi) is 6.85. The van der Waals surface area contributed by atoms with Gasteiger partial charge in [-0.25, -0.2) is 4.98 Å². The molecule has 0 saturated carbocycles. The van der Waals surface area contributed by atoms with Crippen molar-refractivity contribution >= 4 is 5.91 Å². The predicted octanol–water partition coefficient (Wildman–Crippen LogP) is 4.41. The summed E-state index contributed by atoms with van der Waals surface area (Å²) in [4.78, 5) is 19.9. The number of alkyl halides is 3. The van der Waals surface area contributed by atoms with Crippen LogP contribution in [0.25, 0.3) is 11.3 Å². The maximum Gasteiger partial charge on any atom is 0.416 e. The Morgan fingerprint density at radius 3 is 2.38 bits per heavy atom. The number of nitrogens with two attached hydrogens (primary N) is 1. The molecule has 3 aromatic rings. The first-order valence-corrected chi connectivity index (χ1v) is 10.9. The number of carbonyl (C=O) groups is 1. The van der Waals surface area contributed by atoms with Crippen molar-refractivity contribution in [1.29, 1.82) is 0 Å². The van der Waals surface area contributed by atoms with Gasteiger partial charge in [0, 0.05) is 43.9 Å². The van der Waals surface area contributed by atoms with Crippen molar-refractivity contribution < 1.29 is 22.7 Å². The smallest absolute Gasteiger partial charge is 0.416 e. The third-order valence-corrected chi connectivity index (χ3v) is 5.76. The Bertz CT molecular complexity index is 1160. The molecule has 34 heavy (non-hydrogen) atoms. The zero-order valence-corrected chi connectivity index (χ0v) is 18.7. The molecule has 178 valence electrons. The first kappa shape index (κ1) is 23.7. The number of likely N-dealkylation sites (N-methyl/N-ethyl adjacent to an activating group) is 1. The molecule has 0 atom stereocenters. The number of amides is 1. The van der Waals surface area contributed by atoms with E-state index in [2.05, 4.69) is 14.8 Å². The van der Waals surface area contributed by atoms with Crippen LogP contribution in [0.2, 0.25) is 0 Å². The molecule has 1 aliphatic heterocycles. The van der Waals surface area contributed by atoms with Crippen LogP contribution < -0.4 is 10.5 Å². The first-order chi connectivity index (χ1) is 16.2. The number of rotatable bonds is 6. The lowest BCUT2D eigenvalue weighted by molar-refractivity contribution is -0.137. The van der Waals surface area contributed by atoms with Gasteiger partial charge in [0.25, 0.3) is 5.91 Å². The lowest BCUT2D eigenvalue weighted by atomic mass is 10.1. The maximum absolute atomic E-state index is 13.3. The zero-order valence-electron chi connectivity index (χ0n) is 18.7. The zero-order chi connectivity index (χ0) is 24.3. The summed E-state index contributed by atoms with van der Waals surface area (Å²) in [5, 5.41) is 0. The summed E-state index contributed by atoms with van der Waals surface area (Å²) in [6, 6.07) is 15.5. The van der Waals surface area contributed by atoms with E-state index in [1.807, 2.05) is 7.05 Å². The molecule has 0 unspecified atom stereocenters. The van der Waals surface area contributed by atoms with Crippen LogP contribution in [0.15, 0.2) is 60.7 Å². The lowest BCUT2D eigenvalue weighted by Gasteiger charge is -2.32. The Morgan fingerprint density at radius 1 is 1.03 bits per heavy atom. The van der Waals surface area contributed by atoms with E-state index in [0.29, 0.717) is 29.3 Å². The SMILES string of the molecule is CN1CCN(Cc2cc(C(F)(F)F)ccc2Oc2ccc(-c3cccc(C(N)=O)n3)cc2)CC1. The van der Waals surface area contributed by atoms with E-state index in [-0.39, 0.29) is 5.69 Å². The van der Waals surface area contributed by atoms with Crippen molar-refractivity contribution in [2.45, 2.75) is 12.7 Å². The highest BCUT2D eigenvalue weighted by atomic mass is 19.4. The van der Waals surface area contributed by atoms with Gasteiger partial charge < -0.3 is 15.4 Å². The molecule has 0 radical (unpaired) electrons. The average molecular weight is 470 g/mol. The summed E-state index contributed by atoms with van der Waals surface area (Å²) in [5.74, 6) is 0.250. The van der Waals surface area contributed by atoms with E-state index >= 15 is 0 Å². The Morgan fingerprint density at radius 2 is 1.74 bits per heavy atom. The minimum absolute atomic E-state index is 0.163. The van der Waals surface area contributed by atoms with Crippen LogP contribution in [0, 0.1) is 0 Å². The van der Waals surface area contributed by atoms with Gasteiger partial charge in [0.05, 0.1) is 11.3 Å². The minimum atomic E-state index is -4.43. The molecule has 1 fully saturated rings. The third-order valence-electron chi connectivity index (χ3n) is 5.76. The van der Waals surface area contributed by atoms with E-state index in [0.717, 1.165) is 37.8 Å². The first-order valence-electron chi connectivity index (χ1n) is 10.9. The van der Waals surface area contributed by atoms with Gasteiger partial charge >= 0.3 is 6.18 Å². The van der Waals surface area contributed by atoms with Crippen LogP contribution in [-0.2, 0) is 12.7 Å². The number of hydrogen-bond donors (Lipinski definition) is 1. The highest BCUT2D eigenvalue weighted by Crippen LogP contribution is 2.35. The molecule has 4 rings (SSSR count). The van der Waals surface area contributed by atoms with Gasteiger partial charge in [-0.05, 0) is 61.6 Å². The van der Waals surface area contributed by atoms with Crippen LogP contribution in [0.4, 0.5) is 13.2 Å². The summed E-state index contributed by atoms with van der Waals surface area (Å²) in [6.07, 6.45) is -4.43. The van der Waals surface area contributed by atoms with E-state index in [9.17, 15) is 18.0 Å². The quantitative estimate of drug-likeness (QED) is 0.578. The van der Waals surface area contributed by atoms with Crippen LogP contribution in [0.3, 0.4) is 0 Å². The fourth-order valence-corrected chi connectivity index (χ4v) is 3.78. The van der Waals surface area contributed by atoms with Gasteiger partial charge in [-0.15, -0.1) is 0 Å². The Hall–Kier alpha value is -3.43. The van der Waals surface area contributed by atoms with Crippen molar-refractivity contribution in [3.63, 3.8) is 0 Å². The number of ether oxygens (including phenoxy) is 1. The number of benzene rings is 2. The van der Waals surface area contributed by atoms with Crippen LogP contribution in [-0.4, -0.2) is 53.9 Å². The van der Waals surface area contributed by atoms with Gasteiger partial charge in [-0.2, -0.15) is 13.2 Å². The molecule has 0 aliphatic carbocycles. The third kappa shape index (κ3) is 5.73. The van der Waals surface area contributed by atoms with E-state index in [1.165, 1.54) is 18.2 Å². The molecule has 2 heterocycles. The number of hydrogen-bond acceptors (Lipinski definition) is 5. The number of carbonyl (C=O) groups excluding carboxylic acids is 1. The number of nitrogens with zero attached hydrogens (tertiary/aromatic N) is 3. The summed E-state index contributed by atoms with van der Waals surface area (Å²) < 4.78 is 46.0. The fourth-order valence-electron chi connectivity index (χ4n) is 3.78. The molecule has 1 saturated heterocycles. The van der Waals surface area contributed by atoms with Crippen molar-refractivity contribution in [3.8, 4) is 22.8 Å². The summed E-state index contributed by atoms with van der Waals surface area (Å²) >= 11 is 0. The van der Waals surface area contributed by atoms with E-state index < -0.39 is 17.6 Å². The highest BCUT2D eigenvalue weighted by molar-refractivity contribution is 5.91. The summed E-state index contributed by atoms with van der Waals surface area (Å²) in [6.45, 7) is 3.65. The molecule has 1 amide bonds. The molecule has 1 aromatic heterocycles. The van der Waals surface area contributed by atoms with Gasteiger partial charge in [-0.1, -0.05) is 6.07 Å². The second kappa shape index (κ2) is 9.82. The number of piperazine rings is 1. The normalized spacial score (nSPS) is 15.3. The van der Waals surface area contributed by atoms with Gasteiger partial charge in [0.1, 0.15) is 17.2 Å². The maximum atomic E-state index is 13.3. The highest BCUT2D eigenvalue weighted by Gasteiger charge is 2.31. The molecule has 2 N–H and O–H groups in total. The molecule has 6 nitrogen and oxygen atoms in total. The lowest BCUT2D eigenvalue weighted by Crippen LogP contribution is -2.43. The largest absolute Gasteiger partial charge is 0.457 e.